The highest BCUT2D eigenvalue weighted by atomic mass is 31.2. The standard InChI is InChI=1S/C20H36OP2/c1-15(2)22(16(3)4)17-13-11-12-14-18(17)23(21,19(5,6)7)20(8,9)10/h11-16H,1-10H3. The molecule has 1 aromatic rings. The molecule has 1 nitrogen and oxygen atoms in total. The average Bonchev–Trinajstić information content (AvgIpc) is 2.34. The summed E-state index contributed by atoms with van der Waals surface area (Å²) in [6, 6.07) is 8.57. The molecule has 1 rings (SSSR count). The lowest BCUT2D eigenvalue weighted by molar-refractivity contribution is 0.528. The lowest BCUT2D eigenvalue weighted by Gasteiger charge is -2.43. The number of hydrogen-bond donors (Lipinski definition) is 0. The van der Waals surface area contributed by atoms with Crippen LogP contribution < -0.4 is 10.6 Å². The zero-order valence-electron chi connectivity index (χ0n) is 16.8. The van der Waals surface area contributed by atoms with Crippen LogP contribution in [-0.2, 0) is 4.57 Å². The molecule has 0 amide bonds. The molecule has 0 unspecified atom stereocenters. The van der Waals surface area contributed by atoms with Gasteiger partial charge in [0, 0.05) is 15.6 Å². The topological polar surface area (TPSA) is 17.1 Å². The van der Waals surface area contributed by atoms with Gasteiger partial charge in [-0.3, -0.25) is 0 Å². The summed E-state index contributed by atoms with van der Waals surface area (Å²) in [5.41, 5.74) is 1.19. The van der Waals surface area contributed by atoms with E-state index in [9.17, 15) is 4.57 Å². The van der Waals surface area contributed by atoms with Crippen LogP contribution in [0.25, 0.3) is 0 Å². The first-order chi connectivity index (χ1) is 10.2. The van der Waals surface area contributed by atoms with Crippen LogP contribution in [0, 0.1) is 0 Å². The van der Waals surface area contributed by atoms with Gasteiger partial charge in [0.2, 0.25) is 0 Å². The third-order valence-electron chi connectivity index (χ3n) is 4.50. The molecule has 0 saturated heterocycles. The molecule has 0 saturated carbocycles. The zero-order chi connectivity index (χ0) is 18.2. The first-order valence-electron chi connectivity index (χ1n) is 8.73. The van der Waals surface area contributed by atoms with Gasteiger partial charge in [0.05, 0.1) is 0 Å². The van der Waals surface area contributed by atoms with E-state index in [0.29, 0.717) is 11.3 Å². The largest absolute Gasteiger partial charge is 0.318 e. The lowest BCUT2D eigenvalue weighted by Crippen LogP contribution is -2.41. The minimum absolute atomic E-state index is 0.240. The second kappa shape index (κ2) is 7.01. The van der Waals surface area contributed by atoms with Crippen molar-refractivity contribution in [1.29, 1.82) is 0 Å². The summed E-state index contributed by atoms with van der Waals surface area (Å²) in [5, 5.41) is 2.02. The first kappa shape index (κ1) is 20.9. The molecule has 0 bridgehead atoms. The molecule has 0 aliphatic rings. The van der Waals surface area contributed by atoms with Gasteiger partial charge in [-0.25, -0.2) is 0 Å². The van der Waals surface area contributed by atoms with Crippen molar-refractivity contribution in [2.45, 2.75) is 90.9 Å². The van der Waals surface area contributed by atoms with E-state index in [4.69, 9.17) is 0 Å². The quantitative estimate of drug-likeness (QED) is 0.589. The highest BCUT2D eigenvalue weighted by Crippen LogP contribution is 2.66. The fourth-order valence-corrected chi connectivity index (χ4v) is 11.7. The van der Waals surface area contributed by atoms with E-state index >= 15 is 0 Å². The van der Waals surface area contributed by atoms with Crippen LogP contribution >= 0.6 is 15.1 Å². The third-order valence-corrected chi connectivity index (χ3v) is 12.7. The van der Waals surface area contributed by atoms with Crippen molar-refractivity contribution in [2.24, 2.45) is 0 Å². The van der Waals surface area contributed by atoms with Gasteiger partial charge in [-0.2, -0.15) is 0 Å². The van der Waals surface area contributed by atoms with Gasteiger partial charge in [0.25, 0.3) is 0 Å². The normalized spacial score (nSPS) is 14.1. The van der Waals surface area contributed by atoms with E-state index in [1.807, 2.05) is 0 Å². The van der Waals surface area contributed by atoms with Crippen molar-refractivity contribution in [3.05, 3.63) is 24.3 Å². The van der Waals surface area contributed by atoms with Gasteiger partial charge in [-0.1, -0.05) is 101 Å². The number of rotatable bonds is 4. The summed E-state index contributed by atoms with van der Waals surface area (Å²) in [7, 11) is -2.92. The van der Waals surface area contributed by atoms with Crippen molar-refractivity contribution >= 4 is 25.7 Å². The molecule has 0 fully saturated rings. The maximum absolute atomic E-state index is 14.4. The summed E-state index contributed by atoms with van der Waals surface area (Å²) < 4.78 is 14.4. The molecule has 0 aromatic heterocycles. The summed E-state index contributed by atoms with van der Waals surface area (Å²) in [5.74, 6) is 0. The smallest absolute Gasteiger partial charge is 0.126 e. The van der Waals surface area contributed by atoms with Crippen LogP contribution in [0.5, 0.6) is 0 Å². The SMILES string of the molecule is CC(C)P(c1ccccc1P(=O)(C(C)(C)C)C(C)(C)C)C(C)C. The second-order valence-electron chi connectivity index (χ2n) is 9.03. The fraction of sp³-hybridized carbons (Fsp3) is 0.700. The lowest BCUT2D eigenvalue weighted by atomic mass is 10.2. The van der Waals surface area contributed by atoms with Gasteiger partial charge in [-0.05, 0) is 16.6 Å². The van der Waals surface area contributed by atoms with Crippen LogP contribution in [0.4, 0.5) is 0 Å². The molecule has 132 valence electrons. The van der Waals surface area contributed by atoms with Gasteiger partial charge in [0.15, 0.2) is 0 Å². The van der Waals surface area contributed by atoms with Crippen molar-refractivity contribution in [2.75, 3.05) is 0 Å². The van der Waals surface area contributed by atoms with Crippen molar-refractivity contribution in [1.82, 2.24) is 0 Å². The maximum atomic E-state index is 14.4. The molecule has 0 heterocycles. The number of hydrogen-bond acceptors (Lipinski definition) is 1. The average molecular weight is 354 g/mol. The van der Waals surface area contributed by atoms with E-state index in [1.165, 1.54) is 5.30 Å². The Hall–Kier alpha value is -0.120. The monoisotopic (exact) mass is 354 g/mol. The minimum Gasteiger partial charge on any atom is -0.318 e. The molecule has 0 atom stereocenters. The van der Waals surface area contributed by atoms with Gasteiger partial charge in [-0.15, -0.1) is 0 Å². The molecular formula is C20H36OP2. The van der Waals surface area contributed by atoms with Crippen LogP contribution in [0.2, 0.25) is 0 Å². The van der Waals surface area contributed by atoms with Gasteiger partial charge < -0.3 is 4.57 Å². The van der Waals surface area contributed by atoms with Crippen molar-refractivity contribution in [3.63, 3.8) is 0 Å². The Morgan fingerprint density at radius 3 is 1.57 bits per heavy atom. The maximum Gasteiger partial charge on any atom is 0.126 e. The molecule has 0 spiro atoms. The van der Waals surface area contributed by atoms with E-state index < -0.39 is 7.14 Å². The summed E-state index contributed by atoms with van der Waals surface area (Å²) >= 11 is 0. The van der Waals surface area contributed by atoms with E-state index in [2.05, 4.69) is 93.5 Å². The molecule has 0 aliphatic heterocycles. The molecule has 1 aromatic carbocycles. The Bertz CT molecular complexity index is 548. The highest BCUT2D eigenvalue weighted by molar-refractivity contribution is 7.77. The predicted molar refractivity (Wildman–Crippen MR) is 110 cm³/mol. The summed E-state index contributed by atoms with van der Waals surface area (Å²) in [4.78, 5) is 0. The molecule has 0 radical (unpaired) electrons. The second-order valence-corrected chi connectivity index (χ2v) is 16.8. The minimum atomic E-state index is -2.59. The summed E-state index contributed by atoms with van der Waals surface area (Å²) in [6.07, 6.45) is 0. The first-order valence-corrected chi connectivity index (χ1v) is 11.9. The molecule has 0 N–H and O–H groups in total. The van der Waals surface area contributed by atoms with Gasteiger partial charge >= 0.3 is 0 Å². The Kier molecular flexibility index (Phi) is 6.38. The van der Waals surface area contributed by atoms with Crippen LogP contribution in [0.15, 0.2) is 24.3 Å². The molecule has 23 heavy (non-hydrogen) atoms. The van der Waals surface area contributed by atoms with Crippen LogP contribution in [-0.4, -0.2) is 21.6 Å². The zero-order valence-corrected chi connectivity index (χ0v) is 18.6. The predicted octanol–water partition coefficient (Wildman–Crippen LogP) is 6.20. The van der Waals surface area contributed by atoms with Crippen molar-refractivity contribution in [3.8, 4) is 0 Å². The Labute approximate surface area is 145 Å². The fourth-order valence-electron chi connectivity index (χ4n) is 3.83. The third kappa shape index (κ3) is 3.93. The molecule has 3 heteroatoms. The van der Waals surface area contributed by atoms with E-state index in [-0.39, 0.29) is 18.2 Å². The Balaban J connectivity index is 3.76. The highest BCUT2D eigenvalue weighted by Gasteiger charge is 2.49. The van der Waals surface area contributed by atoms with Crippen molar-refractivity contribution < 1.29 is 4.57 Å². The van der Waals surface area contributed by atoms with Gasteiger partial charge in [0.1, 0.15) is 7.14 Å². The van der Waals surface area contributed by atoms with E-state index in [0.717, 1.165) is 5.30 Å². The molecular weight excluding hydrogens is 318 g/mol. The van der Waals surface area contributed by atoms with E-state index in [1.54, 1.807) is 0 Å². The Morgan fingerprint density at radius 1 is 0.826 bits per heavy atom. The van der Waals surface area contributed by atoms with Crippen LogP contribution in [0.3, 0.4) is 0 Å². The molecule has 0 aliphatic carbocycles. The van der Waals surface area contributed by atoms with Crippen LogP contribution in [0.1, 0.15) is 69.2 Å². The Morgan fingerprint density at radius 2 is 1.22 bits per heavy atom. The summed E-state index contributed by atoms with van der Waals surface area (Å²) in [6.45, 7) is 22.1. The number of benzene rings is 1.